The van der Waals surface area contributed by atoms with E-state index in [2.05, 4.69) is 26.2 Å². The number of hydrogen-bond donors (Lipinski definition) is 2. The van der Waals surface area contributed by atoms with E-state index in [-0.39, 0.29) is 16.6 Å². The van der Waals surface area contributed by atoms with Gasteiger partial charge in [-0.3, -0.25) is 9.52 Å². The first kappa shape index (κ1) is 25.9. The summed E-state index contributed by atoms with van der Waals surface area (Å²) in [4.78, 5) is 17.5. The summed E-state index contributed by atoms with van der Waals surface area (Å²) >= 11 is 1.18. The first-order valence-electron chi connectivity index (χ1n) is 11.2. The molecule has 0 aliphatic rings. The van der Waals surface area contributed by atoms with Crippen molar-refractivity contribution in [3.05, 3.63) is 83.6 Å². The molecular formula is C26H23N5O4S2. The molecule has 0 spiro atoms. The summed E-state index contributed by atoms with van der Waals surface area (Å²) in [5.74, 6) is 0.238. The van der Waals surface area contributed by atoms with Crippen molar-refractivity contribution >= 4 is 39.2 Å². The van der Waals surface area contributed by atoms with E-state index in [9.17, 15) is 18.5 Å². The molecule has 0 radical (unpaired) electrons. The number of nitrogens with one attached hydrogen (secondary N) is 2. The number of hydrogen-bond acceptors (Lipinski definition) is 8. The molecule has 0 saturated carbocycles. The lowest BCUT2D eigenvalue weighted by atomic mass is 10.1. The number of carbonyl (C=O) groups excluding carboxylic acids is 1. The molecule has 0 saturated heterocycles. The van der Waals surface area contributed by atoms with E-state index in [0.29, 0.717) is 27.7 Å². The molecule has 2 aromatic heterocycles. The molecule has 1 unspecified atom stereocenters. The van der Waals surface area contributed by atoms with Crippen molar-refractivity contribution in [2.45, 2.75) is 35.9 Å². The normalized spacial score (nSPS) is 11.9. The second kappa shape index (κ2) is 10.9. The number of amides is 1. The summed E-state index contributed by atoms with van der Waals surface area (Å²) in [6.07, 6.45) is 0. The Kier molecular flexibility index (Phi) is 7.61. The van der Waals surface area contributed by atoms with Crippen LogP contribution in [0.2, 0.25) is 0 Å². The van der Waals surface area contributed by atoms with Gasteiger partial charge in [0.1, 0.15) is 16.9 Å². The molecule has 1 atom stereocenters. The van der Waals surface area contributed by atoms with Gasteiger partial charge in [0.05, 0.1) is 21.4 Å². The van der Waals surface area contributed by atoms with Gasteiger partial charge in [-0.15, -0.1) is 0 Å². The van der Waals surface area contributed by atoms with Crippen molar-refractivity contribution in [1.82, 2.24) is 10.1 Å². The van der Waals surface area contributed by atoms with E-state index in [1.54, 1.807) is 26.0 Å². The summed E-state index contributed by atoms with van der Waals surface area (Å²) in [5.41, 5.74) is 3.56. The molecular weight excluding hydrogens is 510 g/mol. The second-order valence-electron chi connectivity index (χ2n) is 8.23. The number of anilines is 2. The Balaban J connectivity index is 1.44. The molecule has 4 rings (SSSR count). The topological polar surface area (TPSA) is 138 Å². The zero-order chi connectivity index (χ0) is 26.6. The quantitative estimate of drug-likeness (QED) is 0.297. The van der Waals surface area contributed by atoms with Crippen LogP contribution in [0.5, 0.6) is 0 Å². The van der Waals surface area contributed by atoms with Gasteiger partial charge in [0, 0.05) is 17.3 Å². The minimum Gasteiger partial charge on any atom is -0.360 e. The average molecular weight is 534 g/mol. The fourth-order valence-electron chi connectivity index (χ4n) is 3.29. The summed E-state index contributed by atoms with van der Waals surface area (Å²) < 4.78 is 32.3. The lowest BCUT2D eigenvalue weighted by Gasteiger charge is -2.14. The molecule has 0 aliphatic carbocycles. The van der Waals surface area contributed by atoms with Crippen molar-refractivity contribution in [3.63, 3.8) is 0 Å². The van der Waals surface area contributed by atoms with Gasteiger partial charge in [-0.2, -0.15) is 5.26 Å². The van der Waals surface area contributed by atoms with Gasteiger partial charge in [-0.1, -0.05) is 46.7 Å². The smallest absolute Gasteiger partial charge is 0.263 e. The zero-order valence-corrected chi connectivity index (χ0v) is 21.9. The number of benzene rings is 2. The highest BCUT2D eigenvalue weighted by Gasteiger charge is 2.20. The molecule has 4 aromatic rings. The van der Waals surface area contributed by atoms with Gasteiger partial charge >= 0.3 is 0 Å². The Bertz CT molecular complexity index is 1570. The van der Waals surface area contributed by atoms with E-state index in [1.165, 1.54) is 42.1 Å². The zero-order valence-electron chi connectivity index (χ0n) is 20.2. The van der Waals surface area contributed by atoms with Gasteiger partial charge in [0.2, 0.25) is 5.91 Å². The Morgan fingerprint density at radius 1 is 1.05 bits per heavy atom. The molecule has 0 aliphatic heterocycles. The highest BCUT2D eigenvalue weighted by molar-refractivity contribution is 8.00. The Morgan fingerprint density at radius 3 is 2.38 bits per heavy atom. The Morgan fingerprint density at radius 2 is 1.76 bits per heavy atom. The van der Waals surface area contributed by atoms with Crippen LogP contribution >= 0.6 is 11.8 Å². The number of thioether (sulfide) groups is 1. The number of aryl methyl sites for hydroxylation is 2. The van der Waals surface area contributed by atoms with Crippen LogP contribution < -0.4 is 10.0 Å². The monoisotopic (exact) mass is 533 g/mol. The maximum Gasteiger partial charge on any atom is 0.263 e. The van der Waals surface area contributed by atoms with E-state index in [0.717, 1.165) is 11.1 Å². The number of carbonyl (C=O) groups is 1. The minimum absolute atomic E-state index is 0.00404. The fraction of sp³-hybridized carbons (Fsp3) is 0.154. The molecule has 2 N–H and O–H groups in total. The van der Waals surface area contributed by atoms with Gasteiger partial charge in [-0.25, -0.2) is 13.4 Å². The average Bonchev–Trinajstić information content (AvgIpc) is 3.28. The van der Waals surface area contributed by atoms with Crippen LogP contribution in [0, 0.1) is 25.2 Å². The first-order valence-corrected chi connectivity index (χ1v) is 13.5. The molecule has 2 aromatic carbocycles. The van der Waals surface area contributed by atoms with Crippen LogP contribution in [0.15, 0.2) is 81.2 Å². The number of nitrogens with zero attached hydrogens (tertiary/aromatic N) is 3. The van der Waals surface area contributed by atoms with Crippen LogP contribution in [0.1, 0.15) is 23.8 Å². The van der Waals surface area contributed by atoms with E-state index in [4.69, 9.17) is 4.52 Å². The van der Waals surface area contributed by atoms with Gasteiger partial charge in [0.15, 0.2) is 5.82 Å². The second-order valence-corrected chi connectivity index (χ2v) is 11.2. The van der Waals surface area contributed by atoms with E-state index >= 15 is 0 Å². The van der Waals surface area contributed by atoms with Crippen molar-refractivity contribution in [2.24, 2.45) is 0 Å². The third kappa shape index (κ3) is 6.35. The molecule has 0 fully saturated rings. The molecule has 9 nitrogen and oxygen atoms in total. The van der Waals surface area contributed by atoms with Crippen LogP contribution in [0.3, 0.4) is 0 Å². The predicted molar refractivity (Wildman–Crippen MR) is 142 cm³/mol. The lowest BCUT2D eigenvalue weighted by molar-refractivity contribution is -0.115. The third-order valence-corrected chi connectivity index (χ3v) is 7.76. The number of sulfonamides is 1. The van der Waals surface area contributed by atoms with Crippen LogP contribution in [-0.4, -0.2) is 29.7 Å². The maximum atomic E-state index is 12.8. The van der Waals surface area contributed by atoms with Crippen molar-refractivity contribution < 1.29 is 17.7 Å². The van der Waals surface area contributed by atoms with E-state index in [1.807, 2.05) is 31.2 Å². The fourth-order valence-corrected chi connectivity index (χ4v) is 5.17. The van der Waals surface area contributed by atoms with Crippen molar-refractivity contribution in [1.29, 1.82) is 5.26 Å². The molecule has 1 amide bonds. The maximum absolute atomic E-state index is 12.8. The number of nitriles is 1. The van der Waals surface area contributed by atoms with Crippen molar-refractivity contribution in [3.8, 4) is 17.3 Å². The molecule has 11 heteroatoms. The number of aromatic nitrogens is 2. The molecule has 2 heterocycles. The molecule has 0 bridgehead atoms. The highest BCUT2D eigenvalue weighted by Crippen LogP contribution is 2.29. The van der Waals surface area contributed by atoms with Crippen LogP contribution in [0.25, 0.3) is 11.3 Å². The van der Waals surface area contributed by atoms with E-state index < -0.39 is 15.3 Å². The summed E-state index contributed by atoms with van der Waals surface area (Å²) in [7, 11) is -3.87. The summed E-state index contributed by atoms with van der Waals surface area (Å²) in [6.45, 7) is 5.37. The SMILES string of the molecule is Cc1ccc(-c2ccc(C#N)c(SC(C)C(=O)Nc3ccc(S(=O)(=O)Nc4cc(C)on4)cc3)n2)cc1. The largest absolute Gasteiger partial charge is 0.360 e. The predicted octanol–water partition coefficient (Wildman–Crippen LogP) is 5.15. The van der Waals surface area contributed by atoms with Crippen LogP contribution in [0.4, 0.5) is 11.5 Å². The van der Waals surface area contributed by atoms with Crippen LogP contribution in [-0.2, 0) is 14.8 Å². The third-order valence-electron chi connectivity index (χ3n) is 5.28. The summed E-state index contributed by atoms with van der Waals surface area (Å²) in [5, 5.41) is 15.8. The molecule has 188 valence electrons. The Labute approximate surface area is 219 Å². The van der Waals surface area contributed by atoms with Gasteiger partial charge in [-0.05, 0) is 57.2 Å². The number of rotatable bonds is 8. The summed E-state index contributed by atoms with van der Waals surface area (Å²) in [6, 6.07) is 20.7. The van der Waals surface area contributed by atoms with Gasteiger partial charge in [0.25, 0.3) is 10.0 Å². The van der Waals surface area contributed by atoms with Gasteiger partial charge < -0.3 is 9.84 Å². The lowest BCUT2D eigenvalue weighted by Crippen LogP contribution is -2.22. The molecule has 37 heavy (non-hydrogen) atoms. The first-order chi connectivity index (χ1) is 17.6. The highest BCUT2D eigenvalue weighted by atomic mass is 32.2. The number of pyridine rings is 1. The standard InChI is InChI=1S/C26H23N5O4S2/c1-16-4-6-19(7-5-16)23-13-8-20(15-27)26(29-23)36-18(3)25(32)28-21-9-11-22(12-10-21)37(33,34)31-24-14-17(2)35-30-24/h4-14,18H,1-3H3,(H,28,32)(H,30,31). The van der Waals surface area contributed by atoms with Crippen molar-refractivity contribution in [2.75, 3.05) is 10.0 Å². The Hall–Kier alpha value is -4.14. The minimum atomic E-state index is -3.87.